The molecule has 2 saturated heterocycles. The van der Waals surface area contributed by atoms with Gasteiger partial charge in [0.15, 0.2) is 0 Å². The van der Waals surface area contributed by atoms with Crippen LogP contribution >= 0.6 is 22.9 Å². The van der Waals surface area contributed by atoms with Crippen molar-refractivity contribution in [2.75, 3.05) is 6.54 Å². The maximum atomic E-state index is 2.53. The van der Waals surface area contributed by atoms with Gasteiger partial charge in [0.05, 0.1) is 0 Å². The van der Waals surface area contributed by atoms with Crippen LogP contribution in [0.5, 0.6) is 0 Å². The fourth-order valence-corrected chi connectivity index (χ4v) is 3.04. The molecule has 58 valence electrons. The standard InChI is InChI=1S/C8H14IN/c9-10-6-5-7-1-3-8(10)4-2-7/h7-8H,1-6H2. The summed E-state index contributed by atoms with van der Waals surface area (Å²) in [5.74, 6) is 1.08. The van der Waals surface area contributed by atoms with Crippen LogP contribution in [0.25, 0.3) is 0 Å². The first-order valence-corrected chi connectivity index (χ1v) is 5.25. The van der Waals surface area contributed by atoms with Crippen molar-refractivity contribution in [3.8, 4) is 0 Å². The molecular weight excluding hydrogens is 237 g/mol. The van der Waals surface area contributed by atoms with Gasteiger partial charge < -0.3 is 0 Å². The van der Waals surface area contributed by atoms with Gasteiger partial charge in [-0.05, 0) is 38.0 Å². The molecule has 0 N–H and O–H groups in total. The Morgan fingerprint density at radius 1 is 1.00 bits per heavy atom. The summed E-state index contributed by atoms with van der Waals surface area (Å²) >= 11 is 2.50. The summed E-state index contributed by atoms with van der Waals surface area (Å²) in [6.07, 6.45) is 7.40. The minimum Gasteiger partial charge on any atom is -0.244 e. The van der Waals surface area contributed by atoms with Crippen molar-refractivity contribution in [2.24, 2.45) is 5.92 Å². The number of fused-ring (bicyclic) bond motifs is 4. The Hall–Kier alpha value is 0.690. The van der Waals surface area contributed by atoms with Crippen LogP contribution in [0.1, 0.15) is 32.1 Å². The quantitative estimate of drug-likeness (QED) is 0.472. The van der Waals surface area contributed by atoms with E-state index in [0.717, 1.165) is 12.0 Å². The number of halogens is 1. The Balaban J connectivity index is 2.07. The molecule has 0 amide bonds. The average Bonchev–Trinajstić information content (AvgIpc) is 2.24. The van der Waals surface area contributed by atoms with Gasteiger partial charge in [0.1, 0.15) is 0 Å². The normalized spacial score (nSPS) is 41.7. The molecule has 0 aromatic rings. The van der Waals surface area contributed by atoms with Gasteiger partial charge in [0, 0.05) is 35.5 Å². The maximum absolute atomic E-state index is 2.53. The van der Waals surface area contributed by atoms with Crippen LogP contribution in [0.2, 0.25) is 0 Å². The molecule has 2 aliphatic heterocycles. The lowest BCUT2D eigenvalue weighted by atomic mass is 9.87. The topological polar surface area (TPSA) is 3.24 Å². The zero-order chi connectivity index (χ0) is 6.97. The van der Waals surface area contributed by atoms with E-state index < -0.39 is 0 Å². The molecule has 10 heavy (non-hydrogen) atoms. The second-order valence-corrected chi connectivity index (χ2v) is 4.83. The third-order valence-electron chi connectivity index (χ3n) is 2.96. The van der Waals surface area contributed by atoms with E-state index in [1.54, 1.807) is 0 Å². The molecule has 2 heterocycles. The summed E-state index contributed by atoms with van der Waals surface area (Å²) in [6, 6.07) is 0.930. The Bertz CT molecular complexity index is 118. The highest BCUT2D eigenvalue weighted by molar-refractivity contribution is 14.1. The molecule has 2 heteroatoms. The van der Waals surface area contributed by atoms with E-state index in [1.807, 2.05) is 0 Å². The first-order valence-electron chi connectivity index (χ1n) is 4.28. The average molecular weight is 251 g/mol. The first kappa shape index (κ1) is 7.35. The van der Waals surface area contributed by atoms with Crippen LogP contribution in [0.4, 0.5) is 0 Å². The molecule has 1 nitrogen and oxygen atoms in total. The van der Waals surface area contributed by atoms with Gasteiger partial charge in [-0.2, -0.15) is 0 Å². The molecule has 3 rings (SSSR count). The van der Waals surface area contributed by atoms with Crippen LogP contribution in [-0.4, -0.2) is 15.7 Å². The van der Waals surface area contributed by atoms with E-state index in [-0.39, 0.29) is 0 Å². The fourth-order valence-electron chi connectivity index (χ4n) is 2.20. The molecule has 3 aliphatic rings. The Kier molecular flexibility index (Phi) is 2.18. The molecular formula is C8H14IN. The lowest BCUT2D eigenvalue weighted by Gasteiger charge is -2.25. The van der Waals surface area contributed by atoms with Crippen LogP contribution in [0.3, 0.4) is 0 Å². The molecule has 0 aromatic heterocycles. The maximum Gasteiger partial charge on any atom is 0.0204 e. The molecule has 0 atom stereocenters. The summed E-state index contributed by atoms with van der Waals surface area (Å²) in [6.45, 7) is 1.34. The van der Waals surface area contributed by atoms with Gasteiger partial charge in [0.2, 0.25) is 0 Å². The van der Waals surface area contributed by atoms with Crippen molar-refractivity contribution in [1.82, 2.24) is 3.11 Å². The van der Waals surface area contributed by atoms with E-state index in [2.05, 4.69) is 26.0 Å². The second kappa shape index (κ2) is 2.97. The minimum absolute atomic E-state index is 0.930. The summed E-state index contributed by atoms with van der Waals surface area (Å²) in [4.78, 5) is 0. The Morgan fingerprint density at radius 2 is 1.70 bits per heavy atom. The first-order chi connectivity index (χ1) is 4.86. The molecule has 2 bridgehead atoms. The zero-order valence-corrected chi connectivity index (χ0v) is 8.38. The molecule has 1 saturated carbocycles. The molecule has 0 spiro atoms. The molecule has 0 radical (unpaired) electrons. The van der Waals surface area contributed by atoms with Gasteiger partial charge in [-0.1, -0.05) is 0 Å². The highest BCUT2D eigenvalue weighted by atomic mass is 127. The summed E-state index contributed by atoms with van der Waals surface area (Å²) in [5.41, 5.74) is 0. The number of rotatable bonds is 0. The lowest BCUT2D eigenvalue weighted by Crippen LogP contribution is -2.25. The van der Waals surface area contributed by atoms with Crippen molar-refractivity contribution in [3.05, 3.63) is 0 Å². The molecule has 3 fully saturated rings. The van der Waals surface area contributed by atoms with Crippen molar-refractivity contribution in [3.63, 3.8) is 0 Å². The van der Waals surface area contributed by atoms with Gasteiger partial charge >= 0.3 is 0 Å². The largest absolute Gasteiger partial charge is 0.244 e. The smallest absolute Gasteiger partial charge is 0.0204 e. The molecule has 0 aromatic carbocycles. The molecule has 0 unspecified atom stereocenters. The van der Waals surface area contributed by atoms with E-state index in [0.29, 0.717) is 0 Å². The highest BCUT2D eigenvalue weighted by Crippen LogP contribution is 2.35. The van der Waals surface area contributed by atoms with Crippen molar-refractivity contribution in [2.45, 2.75) is 38.1 Å². The summed E-state index contributed by atoms with van der Waals surface area (Å²) < 4.78 is 2.53. The van der Waals surface area contributed by atoms with Crippen molar-refractivity contribution in [1.29, 1.82) is 0 Å². The minimum atomic E-state index is 0.930. The summed E-state index contributed by atoms with van der Waals surface area (Å²) in [7, 11) is 0. The fraction of sp³-hybridized carbons (Fsp3) is 1.00. The van der Waals surface area contributed by atoms with Crippen LogP contribution in [0.15, 0.2) is 0 Å². The number of nitrogens with zero attached hydrogens (tertiary/aromatic N) is 1. The van der Waals surface area contributed by atoms with E-state index in [9.17, 15) is 0 Å². The van der Waals surface area contributed by atoms with E-state index in [4.69, 9.17) is 0 Å². The zero-order valence-electron chi connectivity index (χ0n) is 6.22. The SMILES string of the molecule is IN1CCC2CCC1CC2. The second-order valence-electron chi connectivity index (χ2n) is 3.59. The highest BCUT2D eigenvalue weighted by Gasteiger charge is 2.28. The van der Waals surface area contributed by atoms with Crippen molar-refractivity contribution >= 4 is 22.9 Å². The van der Waals surface area contributed by atoms with Crippen LogP contribution < -0.4 is 0 Å². The van der Waals surface area contributed by atoms with E-state index in [1.165, 1.54) is 38.6 Å². The van der Waals surface area contributed by atoms with Crippen LogP contribution in [0, 0.1) is 5.92 Å². The van der Waals surface area contributed by atoms with Gasteiger partial charge in [-0.15, -0.1) is 0 Å². The number of hydrogen-bond acceptors (Lipinski definition) is 1. The number of hydrogen-bond donors (Lipinski definition) is 0. The van der Waals surface area contributed by atoms with Gasteiger partial charge in [0.25, 0.3) is 0 Å². The predicted octanol–water partition coefficient (Wildman–Crippen LogP) is 2.60. The third kappa shape index (κ3) is 1.33. The Labute approximate surface area is 76.7 Å². The van der Waals surface area contributed by atoms with Gasteiger partial charge in [-0.25, -0.2) is 3.11 Å². The lowest BCUT2D eigenvalue weighted by molar-refractivity contribution is 0.310. The Morgan fingerprint density at radius 3 is 2.40 bits per heavy atom. The predicted molar refractivity (Wildman–Crippen MR) is 51.1 cm³/mol. The van der Waals surface area contributed by atoms with E-state index >= 15 is 0 Å². The summed E-state index contributed by atoms with van der Waals surface area (Å²) in [5, 5.41) is 0. The van der Waals surface area contributed by atoms with Crippen molar-refractivity contribution < 1.29 is 0 Å². The molecule has 1 aliphatic carbocycles. The third-order valence-corrected chi connectivity index (χ3v) is 4.23. The van der Waals surface area contributed by atoms with Gasteiger partial charge in [-0.3, -0.25) is 0 Å². The van der Waals surface area contributed by atoms with Crippen LogP contribution in [-0.2, 0) is 0 Å². The monoisotopic (exact) mass is 251 g/mol.